The highest BCUT2D eigenvalue weighted by Gasteiger charge is 2.24. The molecule has 3 unspecified atom stereocenters. The third kappa shape index (κ3) is 49.5. The van der Waals surface area contributed by atoms with Gasteiger partial charge < -0.3 is 20.3 Å². The molecule has 0 aliphatic carbocycles. The van der Waals surface area contributed by atoms with E-state index >= 15 is 0 Å². The fraction of sp³-hybridized carbons (Fsp3) is 0.770. The number of allylic oxidation sites excluding steroid dienone is 12. The van der Waals surface area contributed by atoms with Crippen LogP contribution in [-0.2, 0) is 14.3 Å². The molecule has 0 rings (SSSR count). The number of nitrogens with one attached hydrogen (secondary N) is 1. The fourth-order valence-electron chi connectivity index (χ4n) is 8.57. The molecule has 0 radical (unpaired) electrons. The summed E-state index contributed by atoms with van der Waals surface area (Å²) < 4.78 is 5.92. The fourth-order valence-corrected chi connectivity index (χ4v) is 8.57. The molecule has 0 aliphatic heterocycles. The van der Waals surface area contributed by atoms with E-state index in [0.29, 0.717) is 19.3 Å². The number of aliphatic hydroxyl groups is 2. The number of rotatable bonds is 51. The number of carbonyl (C=O) groups excluding carboxylic acids is 2. The number of aliphatic hydroxyl groups excluding tert-OH is 2. The molecule has 0 fully saturated rings. The minimum Gasteiger partial charge on any atom is -0.462 e. The van der Waals surface area contributed by atoms with Crippen LogP contribution >= 0.6 is 0 Å². The molecule has 0 spiro atoms. The Morgan fingerprint density at radius 3 is 1.28 bits per heavy atom. The van der Waals surface area contributed by atoms with Crippen molar-refractivity contribution >= 4 is 11.9 Å². The Labute approximate surface area is 415 Å². The quantitative estimate of drug-likeness (QED) is 0.0244. The molecule has 0 bridgehead atoms. The zero-order valence-corrected chi connectivity index (χ0v) is 44.3. The van der Waals surface area contributed by atoms with Crippen LogP contribution in [0.5, 0.6) is 0 Å². The lowest BCUT2D eigenvalue weighted by Gasteiger charge is -2.24. The number of ether oxygens (including phenoxy) is 1. The molecular weight excluding hydrogens is 827 g/mol. The first-order chi connectivity index (χ1) is 33.0. The predicted octanol–water partition coefficient (Wildman–Crippen LogP) is 17.7. The molecule has 388 valence electrons. The van der Waals surface area contributed by atoms with Crippen molar-refractivity contribution in [1.82, 2.24) is 5.32 Å². The van der Waals surface area contributed by atoms with E-state index in [9.17, 15) is 19.8 Å². The molecule has 6 heteroatoms. The maximum Gasteiger partial charge on any atom is 0.306 e. The zero-order chi connectivity index (χ0) is 48.8. The Balaban J connectivity index is 4.57. The van der Waals surface area contributed by atoms with E-state index in [0.717, 1.165) is 57.8 Å². The first kappa shape index (κ1) is 64.3. The molecule has 0 heterocycles. The number of amides is 1. The van der Waals surface area contributed by atoms with Crippen molar-refractivity contribution in [2.45, 2.75) is 296 Å². The van der Waals surface area contributed by atoms with Gasteiger partial charge in [0.25, 0.3) is 0 Å². The SMILES string of the molecule is CC/C=C/C=C/C=C\C=C/C=C/CCCC(CC(=O)NC(CO)C(O)CCCCCCCCCCCCCCCCCC)OC(=O)CCCCCCCCCCC/C=C/CCCCCCCC. The zero-order valence-electron chi connectivity index (χ0n) is 44.3. The first-order valence-corrected chi connectivity index (χ1v) is 28.7. The summed E-state index contributed by atoms with van der Waals surface area (Å²) in [7, 11) is 0. The molecule has 67 heavy (non-hydrogen) atoms. The van der Waals surface area contributed by atoms with Crippen molar-refractivity contribution < 1.29 is 24.5 Å². The van der Waals surface area contributed by atoms with Crippen LogP contribution in [0.25, 0.3) is 0 Å². The molecule has 1 amide bonds. The van der Waals surface area contributed by atoms with Crippen LogP contribution in [0.15, 0.2) is 72.9 Å². The van der Waals surface area contributed by atoms with Gasteiger partial charge in [0.05, 0.1) is 25.2 Å². The lowest BCUT2D eigenvalue weighted by molar-refractivity contribution is -0.151. The van der Waals surface area contributed by atoms with Gasteiger partial charge >= 0.3 is 5.97 Å². The van der Waals surface area contributed by atoms with Crippen molar-refractivity contribution in [2.75, 3.05) is 6.61 Å². The van der Waals surface area contributed by atoms with E-state index < -0.39 is 18.2 Å². The van der Waals surface area contributed by atoms with E-state index in [2.05, 4.69) is 50.4 Å². The average Bonchev–Trinajstić information content (AvgIpc) is 3.32. The highest BCUT2D eigenvalue weighted by molar-refractivity contribution is 5.77. The Morgan fingerprint density at radius 1 is 0.448 bits per heavy atom. The minimum absolute atomic E-state index is 0.0266. The number of unbranched alkanes of at least 4 members (excludes halogenated alkanes) is 31. The third-order valence-corrected chi connectivity index (χ3v) is 12.9. The van der Waals surface area contributed by atoms with Gasteiger partial charge in [-0.05, 0) is 64.2 Å². The van der Waals surface area contributed by atoms with E-state index in [4.69, 9.17) is 4.74 Å². The highest BCUT2D eigenvalue weighted by atomic mass is 16.5. The number of esters is 1. The van der Waals surface area contributed by atoms with Crippen molar-refractivity contribution in [3.63, 3.8) is 0 Å². The molecule has 0 aliphatic rings. The Bertz CT molecular complexity index is 1230. The molecule has 0 aromatic carbocycles. The summed E-state index contributed by atoms with van der Waals surface area (Å²) >= 11 is 0. The maximum atomic E-state index is 13.2. The molecule has 0 aromatic heterocycles. The summed E-state index contributed by atoms with van der Waals surface area (Å²) in [4.78, 5) is 26.2. The second-order valence-electron chi connectivity index (χ2n) is 19.4. The maximum absolute atomic E-state index is 13.2. The molecule has 0 aromatic rings. The Kier molecular flexibility index (Phi) is 52.1. The van der Waals surface area contributed by atoms with Crippen LogP contribution in [0.3, 0.4) is 0 Å². The van der Waals surface area contributed by atoms with Crippen LogP contribution in [0.4, 0.5) is 0 Å². The predicted molar refractivity (Wildman–Crippen MR) is 291 cm³/mol. The van der Waals surface area contributed by atoms with Gasteiger partial charge in [0.1, 0.15) is 6.10 Å². The smallest absolute Gasteiger partial charge is 0.306 e. The number of hydrogen-bond donors (Lipinski definition) is 3. The average molecular weight is 937 g/mol. The van der Waals surface area contributed by atoms with Gasteiger partial charge in [-0.1, -0.05) is 273 Å². The molecule has 6 nitrogen and oxygen atoms in total. The minimum atomic E-state index is -0.810. The van der Waals surface area contributed by atoms with E-state index in [-0.39, 0.29) is 24.9 Å². The van der Waals surface area contributed by atoms with Gasteiger partial charge in [0, 0.05) is 6.42 Å². The van der Waals surface area contributed by atoms with Crippen LogP contribution in [0.2, 0.25) is 0 Å². The van der Waals surface area contributed by atoms with E-state index in [1.165, 1.54) is 173 Å². The van der Waals surface area contributed by atoms with Gasteiger partial charge in [-0.3, -0.25) is 9.59 Å². The topological polar surface area (TPSA) is 95.9 Å². The summed E-state index contributed by atoms with van der Waals surface area (Å²) in [5.74, 6) is -0.544. The summed E-state index contributed by atoms with van der Waals surface area (Å²) in [5.41, 5.74) is 0. The number of hydrogen-bond acceptors (Lipinski definition) is 5. The second-order valence-corrected chi connectivity index (χ2v) is 19.4. The largest absolute Gasteiger partial charge is 0.462 e. The second kappa shape index (κ2) is 54.2. The van der Waals surface area contributed by atoms with Gasteiger partial charge in [-0.25, -0.2) is 0 Å². The van der Waals surface area contributed by atoms with Gasteiger partial charge in [-0.2, -0.15) is 0 Å². The lowest BCUT2D eigenvalue weighted by atomic mass is 10.0. The van der Waals surface area contributed by atoms with E-state index in [1.807, 2.05) is 48.6 Å². The van der Waals surface area contributed by atoms with Crippen molar-refractivity contribution in [3.05, 3.63) is 72.9 Å². The first-order valence-electron chi connectivity index (χ1n) is 28.7. The van der Waals surface area contributed by atoms with Crippen LogP contribution < -0.4 is 5.32 Å². The molecular formula is C61H109NO5. The Hall–Kier alpha value is -2.70. The van der Waals surface area contributed by atoms with Crippen molar-refractivity contribution in [3.8, 4) is 0 Å². The van der Waals surface area contributed by atoms with Crippen LogP contribution in [0.1, 0.15) is 278 Å². The van der Waals surface area contributed by atoms with Gasteiger partial charge in [0.15, 0.2) is 0 Å². The van der Waals surface area contributed by atoms with Crippen LogP contribution in [0, 0.1) is 0 Å². The van der Waals surface area contributed by atoms with Crippen LogP contribution in [-0.4, -0.2) is 46.9 Å². The molecule has 0 saturated carbocycles. The molecule has 3 atom stereocenters. The lowest BCUT2D eigenvalue weighted by Crippen LogP contribution is -2.46. The third-order valence-electron chi connectivity index (χ3n) is 12.9. The summed E-state index contributed by atoms with van der Waals surface area (Å²) in [6, 6.07) is -0.728. The Morgan fingerprint density at radius 2 is 0.836 bits per heavy atom. The molecule has 3 N–H and O–H groups in total. The normalized spacial score (nSPS) is 13.7. The van der Waals surface area contributed by atoms with Crippen molar-refractivity contribution in [2.24, 2.45) is 0 Å². The van der Waals surface area contributed by atoms with Gasteiger partial charge in [-0.15, -0.1) is 0 Å². The number of carbonyl (C=O) groups is 2. The standard InChI is InChI=1S/C61H109NO5/c1-4-7-10-13-16-19-22-25-27-29-30-31-33-36-39-42-45-48-51-54-61(66)67-57(52-49-46-43-40-37-34-24-21-18-15-12-9-6-3)55-60(65)62-58(56-63)59(64)53-50-47-44-41-38-35-32-28-26-23-20-17-14-11-8-5-2/h9,12,15,18,21,24-25,27,34,37,40,43,57-59,63-64H,4-8,10-11,13-14,16-17,19-20,22-23,26,28-33,35-36,38-39,41-42,44-56H2,1-3H3,(H,62,65)/b12-9+,18-15+,24-21-,27-25+,37-34-,43-40+. The summed E-state index contributed by atoms with van der Waals surface area (Å²) in [6.07, 6.45) is 69.8. The van der Waals surface area contributed by atoms with Crippen molar-refractivity contribution in [1.29, 1.82) is 0 Å². The molecule has 0 saturated heterocycles. The monoisotopic (exact) mass is 936 g/mol. The highest BCUT2D eigenvalue weighted by Crippen LogP contribution is 2.18. The van der Waals surface area contributed by atoms with E-state index in [1.54, 1.807) is 0 Å². The summed E-state index contributed by atoms with van der Waals surface area (Å²) in [5, 5.41) is 23.8. The van der Waals surface area contributed by atoms with Gasteiger partial charge in [0.2, 0.25) is 5.91 Å². The summed E-state index contributed by atoms with van der Waals surface area (Å²) in [6.45, 7) is 6.34.